The predicted octanol–water partition coefficient (Wildman–Crippen LogP) is 1.80. The summed E-state index contributed by atoms with van der Waals surface area (Å²) >= 11 is 0. The van der Waals surface area contributed by atoms with E-state index in [0.29, 0.717) is 5.69 Å². The van der Waals surface area contributed by atoms with Gasteiger partial charge in [0.15, 0.2) is 0 Å². The number of aromatic nitrogens is 3. The summed E-state index contributed by atoms with van der Waals surface area (Å²) in [5.74, 6) is 0. The zero-order valence-electron chi connectivity index (χ0n) is 9.68. The highest BCUT2D eigenvalue weighted by atomic mass is 16.3. The molecule has 0 aliphatic rings. The van der Waals surface area contributed by atoms with Crippen molar-refractivity contribution in [2.75, 3.05) is 0 Å². The Kier molecular flexibility index (Phi) is 2.52. The highest BCUT2D eigenvalue weighted by Gasteiger charge is 2.22. The van der Waals surface area contributed by atoms with E-state index < -0.39 is 5.60 Å². The second-order valence-electron chi connectivity index (χ2n) is 4.43. The van der Waals surface area contributed by atoms with Crippen molar-refractivity contribution >= 4 is 0 Å². The summed E-state index contributed by atoms with van der Waals surface area (Å²) in [5, 5.41) is 17.8. The van der Waals surface area contributed by atoms with Crippen LogP contribution in [0.25, 0.3) is 5.69 Å². The lowest BCUT2D eigenvalue weighted by Gasteiger charge is -2.17. The molecule has 0 radical (unpaired) electrons. The van der Waals surface area contributed by atoms with E-state index in [0.717, 1.165) is 5.69 Å². The summed E-state index contributed by atoms with van der Waals surface area (Å²) < 4.78 is 1.65. The SMILES string of the molecule is Cc1ccc(-n2nncc2C(C)(C)O)cc1. The zero-order chi connectivity index (χ0) is 11.8. The lowest BCUT2D eigenvalue weighted by Crippen LogP contribution is -2.20. The Labute approximate surface area is 94.5 Å². The van der Waals surface area contributed by atoms with E-state index in [2.05, 4.69) is 10.3 Å². The third-order valence-corrected chi connectivity index (χ3v) is 2.45. The quantitative estimate of drug-likeness (QED) is 0.834. The molecule has 84 valence electrons. The number of benzene rings is 1. The maximum Gasteiger partial charge on any atom is 0.103 e. The average Bonchev–Trinajstić information content (AvgIpc) is 2.66. The Hall–Kier alpha value is -1.68. The maximum atomic E-state index is 9.97. The first-order valence-corrected chi connectivity index (χ1v) is 5.19. The van der Waals surface area contributed by atoms with Crippen LogP contribution < -0.4 is 0 Å². The summed E-state index contributed by atoms with van der Waals surface area (Å²) in [5.41, 5.74) is 1.82. The first-order valence-electron chi connectivity index (χ1n) is 5.19. The molecular weight excluding hydrogens is 202 g/mol. The molecule has 1 aromatic carbocycles. The van der Waals surface area contributed by atoms with E-state index in [9.17, 15) is 5.11 Å². The number of aryl methyl sites for hydroxylation is 1. The van der Waals surface area contributed by atoms with Crippen molar-refractivity contribution in [2.24, 2.45) is 0 Å². The molecule has 0 unspecified atom stereocenters. The van der Waals surface area contributed by atoms with Crippen molar-refractivity contribution in [3.05, 3.63) is 41.7 Å². The van der Waals surface area contributed by atoms with E-state index in [-0.39, 0.29) is 0 Å². The molecule has 0 fully saturated rings. The number of rotatable bonds is 2. The molecule has 1 aromatic heterocycles. The highest BCUT2D eigenvalue weighted by Crippen LogP contribution is 2.21. The van der Waals surface area contributed by atoms with Crippen molar-refractivity contribution < 1.29 is 5.11 Å². The van der Waals surface area contributed by atoms with Gasteiger partial charge < -0.3 is 5.11 Å². The van der Waals surface area contributed by atoms with Gasteiger partial charge in [-0.25, -0.2) is 4.68 Å². The van der Waals surface area contributed by atoms with E-state index >= 15 is 0 Å². The molecule has 2 aromatic rings. The smallest absolute Gasteiger partial charge is 0.103 e. The first-order chi connectivity index (χ1) is 7.48. The van der Waals surface area contributed by atoms with Gasteiger partial charge in [0.1, 0.15) is 5.60 Å². The molecule has 0 aliphatic heterocycles. The summed E-state index contributed by atoms with van der Waals surface area (Å²) in [7, 11) is 0. The highest BCUT2D eigenvalue weighted by molar-refractivity contribution is 5.35. The molecule has 1 N–H and O–H groups in total. The first kappa shape index (κ1) is 10.8. The van der Waals surface area contributed by atoms with Crippen LogP contribution in [0.3, 0.4) is 0 Å². The monoisotopic (exact) mass is 217 g/mol. The van der Waals surface area contributed by atoms with E-state index in [1.165, 1.54) is 5.56 Å². The standard InChI is InChI=1S/C12H15N3O/c1-9-4-6-10(7-5-9)15-11(8-13-14-15)12(2,3)16/h4-8,16H,1-3H3. The van der Waals surface area contributed by atoms with Crippen molar-refractivity contribution in [3.8, 4) is 5.69 Å². The van der Waals surface area contributed by atoms with Crippen LogP contribution in [0.5, 0.6) is 0 Å². The summed E-state index contributed by atoms with van der Waals surface area (Å²) in [6, 6.07) is 7.93. The Bertz CT molecular complexity index is 480. The fourth-order valence-corrected chi connectivity index (χ4v) is 1.53. The Morgan fingerprint density at radius 3 is 2.38 bits per heavy atom. The largest absolute Gasteiger partial charge is 0.384 e. The summed E-state index contributed by atoms with van der Waals surface area (Å²) in [6.07, 6.45) is 1.58. The lowest BCUT2D eigenvalue weighted by molar-refractivity contribution is 0.0711. The molecule has 16 heavy (non-hydrogen) atoms. The third kappa shape index (κ3) is 1.97. The number of hydrogen-bond donors (Lipinski definition) is 1. The second-order valence-corrected chi connectivity index (χ2v) is 4.43. The topological polar surface area (TPSA) is 50.9 Å². The molecule has 0 amide bonds. The van der Waals surface area contributed by atoms with Gasteiger partial charge in [0.2, 0.25) is 0 Å². The minimum atomic E-state index is -0.950. The van der Waals surface area contributed by atoms with Crippen molar-refractivity contribution in [1.29, 1.82) is 0 Å². The van der Waals surface area contributed by atoms with Gasteiger partial charge >= 0.3 is 0 Å². The normalized spacial score (nSPS) is 11.8. The number of aliphatic hydroxyl groups is 1. The van der Waals surface area contributed by atoms with Crippen molar-refractivity contribution in [3.63, 3.8) is 0 Å². The van der Waals surface area contributed by atoms with Crippen LogP contribution in [-0.4, -0.2) is 20.1 Å². The molecule has 0 spiro atoms. The van der Waals surface area contributed by atoms with E-state index in [1.54, 1.807) is 24.7 Å². The molecule has 2 rings (SSSR count). The van der Waals surface area contributed by atoms with Crippen LogP contribution in [0, 0.1) is 6.92 Å². The molecule has 4 heteroatoms. The van der Waals surface area contributed by atoms with Gasteiger partial charge in [-0.15, -0.1) is 5.10 Å². The van der Waals surface area contributed by atoms with Gasteiger partial charge in [-0.3, -0.25) is 0 Å². The molecule has 0 saturated carbocycles. The number of nitrogens with zero attached hydrogens (tertiary/aromatic N) is 3. The van der Waals surface area contributed by atoms with E-state index in [1.807, 2.05) is 31.2 Å². The average molecular weight is 217 g/mol. The molecule has 0 saturated heterocycles. The molecule has 4 nitrogen and oxygen atoms in total. The minimum Gasteiger partial charge on any atom is -0.384 e. The third-order valence-electron chi connectivity index (χ3n) is 2.45. The van der Waals surface area contributed by atoms with Crippen molar-refractivity contribution in [1.82, 2.24) is 15.0 Å². The van der Waals surface area contributed by atoms with Crippen LogP contribution >= 0.6 is 0 Å². The van der Waals surface area contributed by atoms with Crippen LogP contribution in [0.2, 0.25) is 0 Å². The second kappa shape index (κ2) is 3.72. The summed E-state index contributed by atoms with van der Waals surface area (Å²) in [6.45, 7) is 5.47. The molecule has 0 atom stereocenters. The van der Waals surface area contributed by atoms with Gasteiger partial charge in [0.25, 0.3) is 0 Å². The summed E-state index contributed by atoms with van der Waals surface area (Å²) in [4.78, 5) is 0. The lowest BCUT2D eigenvalue weighted by atomic mass is 10.1. The molecule has 0 aliphatic carbocycles. The zero-order valence-corrected chi connectivity index (χ0v) is 9.68. The van der Waals surface area contributed by atoms with Crippen LogP contribution in [0.15, 0.2) is 30.5 Å². The maximum absolute atomic E-state index is 9.97. The van der Waals surface area contributed by atoms with Crippen LogP contribution in [0.4, 0.5) is 0 Å². The Morgan fingerprint density at radius 1 is 1.19 bits per heavy atom. The van der Waals surface area contributed by atoms with Crippen molar-refractivity contribution in [2.45, 2.75) is 26.4 Å². The fraction of sp³-hybridized carbons (Fsp3) is 0.333. The van der Waals surface area contributed by atoms with Gasteiger partial charge in [-0.1, -0.05) is 22.9 Å². The Morgan fingerprint density at radius 2 is 1.81 bits per heavy atom. The molecular formula is C12H15N3O. The van der Waals surface area contributed by atoms with Gasteiger partial charge in [0, 0.05) is 0 Å². The predicted molar refractivity (Wildman–Crippen MR) is 61.3 cm³/mol. The van der Waals surface area contributed by atoms with Gasteiger partial charge in [-0.05, 0) is 32.9 Å². The fourth-order valence-electron chi connectivity index (χ4n) is 1.53. The van der Waals surface area contributed by atoms with Crippen LogP contribution in [0.1, 0.15) is 25.1 Å². The van der Waals surface area contributed by atoms with Crippen LogP contribution in [-0.2, 0) is 5.60 Å². The Balaban J connectivity index is 2.49. The van der Waals surface area contributed by atoms with Gasteiger partial charge in [0.05, 0.1) is 17.6 Å². The minimum absolute atomic E-state index is 0.677. The number of hydrogen-bond acceptors (Lipinski definition) is 3. The van der Waals surface area contributed by atoms with Gasteiger partial charge in [-0.2, -0.15) is 0 Å². The molecule has 0 bridgehead atoms. The molecule has 1 heterocycles. The van der Waals surface area contributed by atoms with E-state index in [4.69, 9.17) is 0 Å².